The van der Waals surface area contributed by atoms with Crippen molar-refractivity contribution in [3.8, 4) is 0 Å². The van der Waals surface area contributed by atoms with Crippen molar-refractivity contribution in [3.05, 3.63) is 76.7 Å². The van der Waals surface area contributed by atoms with Gasteiger partial charge in [-0.05, 0) is 17.2 Å². The van der Waals surface area contributed by atoms with Gasteiger partial charge in [0.25, 0.3) is 0 Å². The highest BCUT2D eigenvalue weighted by Crippen LogP contribution is 2.28. The molecule has 0 aromatic heterocycles. The number of hydrogen-bond acceptors (Lipinski definition) is 0. The van der Waals surface area contributed by atoms with Crippen molar-refractivity contribution in [2.24, 2.45) is 0 Å². The van der Waals surface area contributed by atoms with Gasteiger partial charge in [-0.1, -0.05) is 67.1 Å². The van der Waals surface area contributed by atoms with Crippen molar-refractivity contribution >= 4 is 11.6 Å². The third kappa shape index (κ3) is 2.21. The first-order valence-corrected chi connectivity index (χ1v) is 5.30. The summed E-state index contributed by atoms with van der Waals surface area (Å²) in [4.78, 5) is 0. The van der Waals surface area contributed by atoms with Crippen LogP contribution in [0, 0.1) is 5.92 Å². The van der Waals surface area contributed by atoms with E-state index in [-0.39, 0.29) is 0 Å². The van der Waals surface area contributed by atoms with Gasteiger partial charge in [0, 0.05) is 10.9 Å². The molecule has 1 radical (unpaired) electrons. The molecule has 0 aliphatic carbocycles. The lowest BCUT2D eigenvalue weighted by Crippen LogP contribution is -1.97. The van der Waals surface area contributed by atoms with E-state index in [2.05, 4.69) is 19.1 Å². The highest BCUT2D eigenvalue weighted by atomic mass is 35.5. The second-order valence-electron chi connectivity index (χ2n) is 3.47. The first-order chi connectivity index (χ1) is 7.29. The summed E-state index contributed by atoms with van der Waals surface area (Å²) in [7, 11) is 0. The Morgan fingerprint density at radius 1 is 0.867 bits per heavy atom. The standard InChI is InChI=1S/C14H12Cl/c1-11(12-7-3-2-4-8-12)13-9-5-6-10-14(13)15/h2-10H,1H3. The van der Waals surface area contributed by atoms with E-state index in [9.17, 15) is 0 Å². The molecule has 0 spiro atoms. The normalized spacial score (nSPS) is 10.6. The van der Waals surface area contributed by atoms with Crippen LogP contribution in [0.1, 0.15) is 18.1 Å². The van der Waals surface area contributed by atoms with Gasteiger partial charge in [0.1, 0.15) is 0 Å². The van der Waals surface area contributed by atoms with E-state index in [0.29, 0.717) is 0 Å². The first kappa shape index (κ1) is 10.3. The summed E-state index contributed by atoms with van der Waals surface area (Å²) in [5.41, 5.74) is 2.32. The van der Waals surface area contributed by atoms with Gasteiger partial charge in [-0.3, -0.25) is 0 Å². The van der Waals surface area contributed by atoms with Crippen LogP contribution in [0.25, 0.3) is 0 Å². The highest BCUT2D eigenvalue weighted by molar-refractivity contribution is 6.31. The first-order valence-electron chi connectivity index (χ1n) is 4.93. The molecule has 0 amide bonds. The van der Waals surface area contributed by atoms with E-state index in [1.165, 1.54) is 11.5 Å². The van der Waals surface area contributed by atoms with Gasteiger partial charge < -0.3 is 0 Å². The van der Waals surface area contributed by atoms with Crippen LogP contribution < -0.4 is 0 Å². The summed E-state index contributed by atoms with van der Waals surface area (Å²) in [5.74, 6) is 1.21. The fraction of sp³-hybridized carbons (Fsp3) is 0.0714. The Kier molecular flexibility index (Phi) is 3.08. The lowest BCUT2D eigenvalue weighted by atomic mass is 9.93. The summed E-state index contributed by atoms with van der Waals surface area (Å²) in [5, 5.41) is 0.804. The molecule has 0 heterocycles. The monoisotopic (exact) mass is 215 g/mol. The van der Waals surface area contributed by atoms with Crippen molar-refractivity contribution in [1.29, 1.82) is 0 Å². The predicted molar refractivity (Wildman–Crippen MR) is 65.0 cm³/mol. The quantitative estimate of drug-likeness (QED) is 0.700. The Hall–Kier alpha value is -1.27. The highest BCUT2D eigenvalue weighted by Gasteiger charge is 2.11. The molecule has 1 heteroatoms. The predicted octanol–water partition coefficient (Wildman–Crippen LogP) is 4.33. The van der Waals surface area contributed by atoms with Crippen LogP contribution >= 0.6 is 11.6 Å². The van der Waals surface area contributed by atoms with Crippen LogP contribution in [0.15, 0.2) is 54.6 Å². The van der Waals surface area contributed by atoms with E-state index >= 15 is 0 Å². The van der Waals surface area contributed by atoms with Crippen LogP contribution in [0.3, 0.4) is 0 Å². The minimum absolute atomic E-state index is 0.804. The van der Waals surface area contributed by atoms with Crippen molar-refractivity contribution in [2.45, 2.75) is 6.92 Å². The number of halogens is 1. The fourth-order valence-electron chi connectivity index (χ4n) is 1.61. The van der Waals surface area contributed by atoms with Crippen LogP contribution in [-0.4, -0.2) is 0 Å². The van der Waals surface area contributed by atoms with Crippen molar-refractivity contribution < 1.29 is 0 Å². The molecule has 0 aliphatic heterocycles. The lowest BCUT2D eigenvalue weighted by Gasteiger charge is -2.12. The maximum atomic E-state index is 6.15. The molecule has 0 N–H and O–H groups in total. The average Bonchev–Trinajstić information content (AvgIpc) is 2.30. The Labute approximate surface area is 95.5 Å². The summed E-state index contributed by atoms with van der Waals surface area (Å²) in [6.45, 7) is 2.09. The van der Waals surface area contributed by atoms with Gasteiger partial charge in [0.15, 0.2) is 0 Å². The van der Waals surface area contributed by atoms with Crippen LogP contribution in [0.4, 0.5) is 0 Å². The van der Waals surface area contributed by atoms with Crippen molar-refractivity contribution in [1.82, 2.24) is 0 Å². The van der Waals surface area contributed by atoms with Crippen molar-refractivity contribution in [3.63, 3.8) is 0 Å². The van der Waals surface area contributed by atoms with E-state index in [0.717, 1.165) is 10.6 Å². The van der Waals surface area contributed by atoms with E-state index < -0.39 is 0 Å². The molecular weight excluding hydrogens is 204 g/mol. The molecule has 0 bridgehead atoms. The third-order valence-corrected chi connectivity index (χ3v) is 2.81. The molecule has 75 valence electrons. The molecule has 15 heavy (non-hydrogen) atoms. The van der Waals surface area contributed by atoms with Gasteiger partial charge in [-0.25, -0.2) is 0 Å². The Bertz CT molecular complexity index is 434. The smallest absolute Gasteiger partial charge is 0.0447 e. The van der Waals surface area contributed by atoms with Crippen LogP contribution in [0.2, 0.25) is 5.02 Å². The molecule has 0 fully saturated rings. The zero-order valence-corrected chi connectivity index (χ0v) is 9.33. The largest absolute Gasteiger partial charge is 0.0840 e. The maximum Gasteiger partial charge on any atom is 0.0447 e. The van der Waals surface area contributed by atoms with Crippen molar-refractivity contribution in [2.75, 3.05) is 0 Å². The maximum absolute atomic E-state index is 6.15. The molecule has 0 saturated heterocycles. The number of hydrogen-bond donors (Lipinski definition) is 0. The molecule has 0 atom stereocenters. The zero-order chi connectivity index (χ0) is 10.7. The summed E-state index contributed by atoms with van der Waals surface area (Å²) in [6, 6.07) is 18.2. The van der Waals surface area contributed by atoms with Gasteiger partial charge in [0.05, 0.1) is 0 Å². The van der Waals surface area contributed by atoms with E-state index in [1.54, 1.807) is 0 Å². The minimum atomic E-state index is 0.804. The number of rotatable bonds is 2. The lowest BCUT2D eigenvalue weighted by molar-refractivity contribution is 1.19. The molecule has 0 saturated carbocycles. The number of benzene rings is 2. The molecule has 2 aromatic carbocycles. The Morgan fingerprint density at radius 2 is 1.47 bits per heavy atom. The van der Waals surface area contributed by atoms with Crippen LogP contribution in [-0.2, 0) is 0 Å². The minimum Gasteiger partial charge on any atom is -0.0840 e. The molecule has 2 rings (SSSR count). The average molecular weight is 216 g/mol. The Morgan fingerprint density at radius 3 is 2.13 bits per heavy atom. The molecular formula is C14H12Cl. The van der Waals surface area contributed by atoms with E-state index in [1.807, 2.05) is 42.5 Å². The Balaban J connectivity index is 2.37. The fourth-order valence-corrected chi connectivity index (χ4v) is 1.89. The van der Waals surface area contributed by atoms with Gasteiger partial charge in [0.2, 0.25) is 0 Å². The molecule has 0 aliphatic rings. The second-order valence-corrected chi connectivity index (χ2v) is 3.88. The van der Waals surface area contributed by atoms with Crippen LogP contribution in [0.5, 0.6) is 0 Å². The molecule has 0 nitrogen and oxygen atoms in total. The topological polar surface area (TPSA) is 0 Å². The van der Waals surface area contributed by atoms with Gasteiger partial charge in [-0.15, -0.1) is 0 Å². The summed E-state index contributed by atoms with van der Waals surface area (Å²) >= 11 is 6.15. The molecule has 2 aromatic rings. The summed E-state index contributed by atoms with van der Waals surface area (Å²) < 4.78 is 0. The van der Waals surface area contributed by atoms with E-state index in [4.69, 9.17) is 11.6 Å². The SMILES string of the molecule is C[C](c1ccccc1)c1ccccc1Cl. The van der Waals surface area contributed by atoms with Gasteiger partial charge >= 0.3 is 0 Å². The zero-order valence-electron chi connectivity index (χ0n) is 8.57. The molecule has 0 unspecified atom stereocenters. The second kappa shape index (κ2) is 4.50. The third-order valence-electron chi connectivity index (χ3n) is 2.48. The van der Waals surface area contributed by atoms with Gasteiger partial charge in [-0.2, -0.15) is 0 Å². The summed E-state index contributed by atoms with van der Waals surface area (Å²) in [6.07, 6.45) is 0.